The molecule has 1 aromatic heterocycles. The van der Waals surface area contributed by atoms with E-state index in [0.717, 1.165) is 18.9 Å². The quantitative estimate of drug-likeness (QED) is 0.816. The van der Waals surface area contributed by atoms with Gasteiger partial charge in [-0.25, -0.2) is 0 Å². The minimum Gasteiger partial charge on any atom is -0.493 e. The van der Waals surface area contributed by atoms with E-state index in [0.29, 0.717) is 28.6 Å². The Morgan fingerprint density at radius 2 is 1.57 bits per heavy atom. The van der Waals surface area contributed by atoms with E-state index in [2.05, 4.69) is 20.4 Å². The van der Waals surface area contributed by atoms with E-state index < -0.39 is 0 Å². The van der Waals surface area contributed by atoms with E-state index in [9.17, 15) is 4.79 Å². The number of amides is 1. The van der Waals surface area contributed by atoms with Gasteiger partial charge >= 0.3 is 0 Å². The molecule has 3 rings (SSSR count). The fraction of sp³-hybridized carbons (Fsp3) is 0.450. The second-order valence-electron chi connectivity index (χ2n) is 6.55. The first-order valence-electron chi connectivity index (χ1n) is 9.36. The molecule has 28 heavy (non-hydrogen) atoms. The number of hydrogen-bond donors (Lipinski definition) is 1. The fourth-order valence-corrected chi connectivity index (χ4v) is 3.26. The summed E-state index contributed by atoms with van der Waals surface area (Å²) in [6, 6.07) is 6.84. The van der Waals surface area contributed by atoms with Crippen LogP contribution in [0.2, 0.25) is 0 Å². The zero-order valence-corrected chi connectivity index (χ0v) is 16.5. The number of aromatic nitrogens is 2. The van der Waals surface area contributed by atoms with Crippen LogP contribution in [0.25, 0.3) is 0 Å². The number of nitrogens with one attached hydrogen (secondary N) is 1. The highest BCUT2D eigenvalue weighted by Crippen LogP contribution is 2.38. The van der Waals surface area contributed by atoms with E-state index in [-0.39, 0.29) is 5.91 Å². The first-order valence-corrected chi connectivity index (χ1v) is 9.36. The van der Waals surface area contributed by atoms with Crippen molar-refractivity contribution in [3.8, 4) is 17.2 Å². The van der Waals surface area contributed by atoms with Crippen LogP contribution in [0.3, 0.4) is 0 Å². The van der Waals surface area contributed by atoms with E-state index in [1.807, 2.05) is 6.07 Å². The summed E-state index contributed by atoms with van der Waals surface area (Å²) in [5.74, 6) is 2.15. The maximum Gasteiger partial charge on any atom is 0.257 e. The average molecular weight is 386 g/mol. The molecule has 1 saturated heterocycles. The molecule has 1 fully saturated rings. The number of carbonyl (C=O) groups is 1. The lowest BCUT2D eigenvalue weighted by Gasteiger charge is -2.20. The summed E-state index contributed by atoms with van der Waals surface area (Å²) in [5.41, 5.74) is 0.368. The molecule has 2 aromatic rings. The Labute approximate surface area is 164 Å². The summed E-state index contributed by atoms with van der Waals surface area (Å²) < 4.78 is 15.9. The van der Waals surface area contributed by atoms with E-state index in [4.69, 9.17) is 14.2 Å². The highest BCUT2D eigenvalue weighted by molar-refractivity contribution is 6.04. The maximum atomic E-state index is 12.6. The van der Waals surface area contributed by atoms with Gasteiger partial charge in [-0.05, 0) is 37.1 Å². The van der Waals surface area contributed by atoms with Gasteiger partial charge in [-0.2, -0.15) is 0 Å². The number of nitrogens with zero attached hydrogens (tertiary/aromatic N) is 3. The SMILES string of the molecule is COc1cc(C(=O)Nc2ccc(N3CCCCCC3)nn2)cc(OC)c1OC. The second-order valence-corrected chi connectivity index (χ2v) is 6.55. The zero-order valence-electron chi connectivity index (χ0n) is 16.5. The normalized spacial score (nSPS) is 14.2. The largest absolute Gasteiger partial charge is 0.493 e. The molecular formula is C20H26N4O4. The molecule has 1 aliphatic heterocycles. The monoisotopic (exact) mass is 386 g/mol. The number of hydrogen-bond acceptors (Lipinski definition) is 7. The van der Waals surface area contributed by atoms with Gasteiger partial charge in [-0.1, -0.05) is 12.8 Å². The molecule has 8 heteroatoms. The molecule has 0 spiro atoms. The Morgan fingerprint density at radius 3 is 2.07 bits per heavy atom. The van der Waals surface area contributed by atoms with Gasteiger partial charge in [0.25, 0.3) is 5.91 Å². The highest BCUT2D eigenvalue weighted by atomic mass is 16.5. The lowest BCUT2D eigenvalue weighted by atomic mass is 10.1. The van der Waals surface area contributed by atoms with Gasteiger partial charge in [0.05, 0.1) is 21.3 Å². The number of methoxy groups -OCH3 is 3. The van der Waals surface area contributed by atoms with Crippen molar-refractivity contribution in [3.63, 3.8) is 0 Å². The van der Waals surface area contributed by atoms with Crippen molar-refractivity contribution in [1.29, 1.82) is 0 Å². The van der Waals surface area contributed by atoms with E-state index in [1.54, 1.807) is 18.2 Å². The van der Waals surface area contributed by atoms with Crippen molar-refractivity contribution in [2.24, 2.45) is 0 Å². The van der Waals surface area contributed by atoms with Crippen LogP contribution in [0, 0.1) is 0 Å². The van der Waals surface area contributed by atoms with Gasteiger partial charge < -0.3 is 24.4 Å². The summed E-state index contributed by atoms with van der Waals surface area (Å²) in [6.07, 6.45) is 4.85. The smallest absolute Gasteiger partial charge is 0.257 e. The predicted molar refractivity (Wildman–Crippen MR) is 107 cm³/mol. The molecule has 8 nitrogen and oxygen atoms in total. The number of ether oxygens (including phenoxy) is 3. The Hall–Kier alpha value is -3.03. The molecular weight excluding hydrogens is 360 g/mol. The molecule has 0 bridgehead atoms. The van der Waals surface area contributed by atoms with Crippen molar-refractivity contribution >= 4 is 17.5 Å². The van der Waals surface area contributed by atoms with Crippen LogP contribution in [0.1, 0.15) is 36.0 Å². The topological polar surface area (TPSA) is 85.8 Å². The van der Waals surface area contributed by atoms with Crippen molar-refractivity contribution in [1.82, 2.24) is 10.2 Å². The molecule has 0 aliphatic carbocycles. The van der Waals surface area contributed by atoms with Crippen LogP contribution in [-0.4, -0.2) is 50.5 Å². The number of rotatable bonds is 6. The molecule has 0 saturated carbocycles. The van der Waals surface area contributed by atoms with Crippen LogP contribution in [0.4, 0.5) is 11.6 Å². The molecule has 2 heterocycles. The zero-order chi connectivity index (χ0) is 19.9. The van der Waals surface area contributed by atoms with Gasteiger partial charge in [-0.3, -0.25) is 4.79 Å². The van der Waals surface area contributed by atoms with Crippen molar-refractivity contribution < 1.29 is 19.0 Å². The molecule has 1 N–H and O–H groups in total. The standard InChI is InChI=1S/C20H26N4O4/c1-26-15-12-14(13-16(27-2)19(15)28-3)20(25)21-17-8-9-18(23-22-17)24-10-6-4-5-7-11-24/h8-9,12-13H,4-7,10-11H2,1-3H3,(H,21,22,25). The second kappa shape index (κ2) is 9.25. The number of anilines is 2. The first kappa shape index (κ1) is 19.7. The summed E-state index contributed by atoms with van der Waals surface area (Å²) in [5, 5.41) is 11.2. The summed E-state index contributed by atoms with van der Waals surface area (Å²) in [4.78, 5) is 14.9. The summed E-state index contributed by atoms with van der Waals surface area (Å²) in [6.45, 7) is 1.98. The van der Waals surface area contributed by atoms with Gasteiger partial charge in [0.1, 0.15) is 0 Å². The molecule has 150 valence electrons. The molecule has 0 radical (unpaired) electrons. The van der Waals surface area contributed by atoms with E-state index in [1.165, 1.54) is 47.0 Å². The molecule has 1 amide bonds. The Bertz CT molecular complexity index is 777. The summed E-state index contributed by atoms with van der Waals surface area (Å²) in [7, 11) is 4.53. The van der Waals surface area contributed by atoms with Crippen LogP contribution in [0.15, 0.2) is 24.3 Å². The lowest BCUT2D eigenvalue weighted by molar-refractivity contribution is 0.102. The number of carbonyl (C=O) groups excluding carboxylic acids is 1. The molecule has 0 unspecified atom stereocenters. The molecule has 0 atom stereocenters. The van der Waals surface area contributed by atoms with Crippen molar-refractivity contribution in [2.45, 2.75) is 25.7 Å². The van der Waals surface area contributed by atoms with Crippen LogP contribution < -0.4 is 24.4 Å². The minimum atomic E-state index is -0.337. The lowest BCUT2D eigenvalue weighted by Crippen LogP contribution is -2.25. The Morgan fingerprint density at radius 1 is 0.929 bits per heavy atom. The Balaban J connectivity index is 1.74. The minimum absolute atomic E-state index is 0.337. The third-order valence-corrected chi connectivity index (χ3v) is 4.75. The number of benzene rings is 1. The predicted octanol–water partition coefficient (Wildman–Crippen LogP) is 3.14. The van der Waals surface area contributed by atoms with E-state index >= 15 is 0 Å². The third kappa shape index (κ3) is 4.44. The first-order chi connectivity index (χ1) is 13.7. The highest BCUT2D eigenvalue weighted by Gasteiger charge is 2.18. The van der Waals surface area contributed by atoms with Gasteiger partial charge in [-0.15, -0.1) is 10.2 Å². The maximum absolute atomic E-state index is 12.6. The van der Waals surface area contributed by atoms with Crippen molar-refractivity contribution in [2.75, 3.05) is 44.6 Å². The molecule has 1 aliphatic rings. The average Bonchev–Trinajstić information content (AvgIpc) is 3.02. The van der Waals surface area contributed by atoms with Gasteiger partial charge in [0, 0.05) is 18.7 Å². The summed E-state index contributed by atoms with van der Waals surface area (Å²) >= 11 is 0. The fourth-order valence-electron chi connectivity index (χ4n) is 3.26. The third-order valence-electron chi connectivity index (χ3n) is 4.75. The van der Waals surface area contributed by atoms with Gasteiger partial charge in [0.15, 0.2) is 23.1 Å². The van der Waals surface area contributed by atoms with Crippen LogP contribution in [0.5, 0.6) is 17.2 Å². The Kier molecular flexibility index (Phi) is 6.52. The van der Waals surface area contributed by atoms with Crippen LogP contribution >= 0.6 is 0 Å². The van der Waals surface area contributed by atoms with Gasteiger partial charge in [0.2, 0.25) is 5.75 Å². The van der Waals surface area contributed by atoms with Crippen LogP contribution in [-0.2, 0) is 0 Å². The molecule has 1 aromatic carbocycles. The van der Waals surface area contributed by atoms with Crippen molar-refractivity contribution in [3.05, 3.63) is 29.8 Å².